The number of nitro benzene ring substituents is 1. The SMILES string of the molecule is NC(=O)C1CN(C(=O)c2ccc(NS(=O)(=O)c3cccc([N+](=O)[O-])c3)cc2)CCO1. The Kier molecular flexibility index (Phi) is 5.99. The number of nitrogens with two attached hydrogens (primary N) is 1. The lowest BCUT2D eigenvalue weighted by Crippen LogP contribution is -2.50. The number of hydrogen-bond acceptors (Lipinski definition) is 7. The quantitative estimate of drug-likeness (QED) is 0.500. The number of primary amides is 1. The van der Waals surface area contributed by atoms with Crippen molar-refractivity contribution < 1.29 is 27.7 Å². The summed E-state index contributed by atoms with van der Waals surface area (Å²) in [6.45, 7) is 0.513. The molecule has 1 aliphatic heterocycles. The molecule has 2 aromatic carbocycles. The number of benzene rings is 2. The third kappa shape index (κ3) is 4.72. The van der Waals surface area contributed by atoms with E-state index in [0.29, 0.717) is 12.1 Å². The maximum Gasteiger partial charge on any atom is 0.270 e. The Hall–Kier alpha value is -3.51. The van der Waals surface area contributed by atoms with Gasteiger partial charge in [0.15, 0.2) is 6.10 Å². The zero-order valence-electron chi connectivity index (χ0n) is 15.6. The largest absolute Gasteiger partial charge is 0.367 e. The van der Waals surface area contributed by atoms with Gasteiger partial charge < -0.3 is 15.4 Å². The van der Waals surface area contributed by atoms with Gasteiger partial charge in [0.25, 0.3) is 21.6 Å². The van der Waals surface area contributed by atoms with E-state index in [0.717, 1.165) is 6.07 Å². The second-order valence-electron chi connectivity index (χ2n) is 6.45. The Bertz CT molecular complexity index is 1090. The smallest absolute Gasteiger partial charge is 0.270 e. The predicted molar refractivity (Wildman–Crippen MR) is 105 cm³/mol. The Morgan fingerprint density at radius 2 is 1.90 bits per heavy atom. The van der Waals surface area contributed by atoms with Gasteiger partial charge >= 0.3 is 0 Å². The number of carbonyl (C=O) groups is 2. The number of sulfonamides is 1. The van der Waals surface area contributed by atoms with Crippen molar-refractivity contribution >= 4 is 33.2 Å². The molecular formula is C18H18N4O7S. The van der Waals surface area contributed by atoms with Crippen LogP contribution in [0.5, 0.6) is 0 Å². The van der Waals surface area contributed by atoms with E-state index in [1.54, 1.807) is 0 Å². The molecule has 1 aliphatic rings. The van der Waals surface area contributed by atoms with Gasteiger partial charge in [0.1, 0.15) is 0 Å². The van der Waals surface area contributed by atoms with E-state index < -0.39 is 27.0 Å². The summed E-state index contributed by atoms with van der Waals surface area (Å²) in [5.74, 6) is -1.00. The van der Waals surface area contributed by atoms with Crippen LogP contribution in [-0.4, -0.2) is 55.9 Å². The Labute approximate surface area is 171 Å². The summed E-state index contributed by atoms with van der Waals surface area (Å²) in [7, 11) is -4.06. The number of ether oxygens (including phenoxy) is 1. The normalized spacial score (nSPS) is 16.7. The van der Waals surface area contributed by atoms with Gasteiger partial charge in [0, 0.05) is 29.9 Å². The van der Waals surface area contributed by atoms with Crippen LogP contribution in [-0.2, 0) is 19.6 Å². The minimum atomic E-state index is -4.06. The third-order valence-electron chi connectivity index (χ3n) is 4.39. The van der Waals surface area contributed by atoms with Gasteiger partial charge in [-0.3, -0.25) is 24.4 Å². The minimum absolute atomic E-state index is 0.0370. The van der Waals surface area contributed by atoms with Crippen LogP contribution < -0.4 is 10.5 Å². The van der Waals surface area contributed by atoms with Crippen molar-refractivity contribution in [3.05, 3.63) is 64.2 Å². The molecule has 0 spiro atoms. The van der Waals surface area contributed by atoms with Gasteiger partial charge in [0.2, 0.25) is 5.91 Å². The molecule has 0 aromatic heterocycles. The standard InChI is InChI=1S/C18H18N4O7S/c19-17(23)16-11-21(8-9-29-16)18(24)12-4-6-13(7-5-12)20-30(27,28)15-3-1-2-14(10-15)22(25)26/h1-7,10,16,20H,8-9,11H2,(H2,19,23). The highest BCUT2D eigenvalue weighted by molar-refractivity contribution is 7.92. The van der Waals surface area contributed by atoms with Crippen molar-refractivity contribution in [1.82, 2.24) is 4.90 Å². The summed E-state index contributed by atoms with van der Waals surface area (Å²) < 4.78 is 32.5. The lowest BCUT2D eigenvalue weighted by atomic mass is 10.1. The first-order chi connectivity index (χ1) is 14.2. The van der Waals surface area contributed by atoms with E-state index in [2.05, 4.69) is 4.72 Å². The molecule has 3 N–H and O–H groups in total. The van der Waals surface area contributed by atoms with E-state index in [9.17, 15) is 28.1 Å². The highest BCUT2D eigenvalue weighted by atomic mass is 32.2. The fourth-order valence-corrected chi connectivity index (χ4v) is 3.95. The molecule has 11 nitrogen and oxygen atoms in total. The molecule has 1 atom stereocenters. The molecule has 0 saturated carbocycles. The maximum absolute atomic E-state index is 12.6. The van der Waals surface area contributed by atoms with Gasteiger partial charge in [-0.1, -0.05) is 6.07 Å². The molecule has 0 aliphatic carbocycles. The van der Waals surface area contributed by atoms with Crippen LogP contribution in [0.4, 0.5) is 11.4 Å². The Morgan fingerprint density at radius 1 is 1.20 bits per heavy atom. The number of amides is 2. The summed E-state index contributed by atoms with van der Waals surface area (Å²) >= 11 is 0. The van der Waals surface area contributed by atoms with Crippen molar-refractivity contribution in [3.8, 4) is 0 Å². The third-order valence-corrected chi connectivity index (χ3v) is 5.77. The fourth-order valence-electron chi connectivity index (χ4n) is 2.85. The van der Waals surface area contributed by atoms with Crippen LogP contribution in [0.25, 0.3) is 0 Å². The van der Waals surface area contributed by atoms with E-state index in [4.69, 9.17) is 10.5 Å². The van der Waals surface area contributed by atoms with Crippen molar-refractivity contribution in [2.45, 2.75) is 11.0 Å². The molecule has 1 fully saturated rings. The maximum atomic E-state index is 12.6. The van der Waals surface area contributed by atoms with Crippen LogP contribution in [0.1, 0.15) is 10.4 Å². The van der Waals surface area contributed by atoms with Crippen molar-refractivity contribution in [2.24, 2.45) is 5.73 Å². The second-order valence-corrected chi connectivity index (χ2v) is 8.13. The van der Waals surface area contributed by atoms with Crippen LogP contribution in [0, 0.1) is 10.1 Å². The van der Waals surface area contributed by atoms with E-state index in [1.165, 1.54) is 47.4 Å². The van der Waals surface area contributed by atoms with E-state index in [1.807, 2.05) is 0 Å². The summed E-state index contributed by atoms with van der Waals surface area (Å²) in [6, 6.07) is 10.3. The van der Waals surface area contributed by atoms with Crippen molar-refractivity contribution in [3.63, 3.8) is 0 Å². The predicted octanol–water partition coefficient (Wildman–Crippen LogP) is 0.722. The molecule has 1 saturated heterocycles. The second kappa shape index (κ2) is 8.47. The summed E-state index contributed by atoms with van der Waals surface area (Å²) in [6.07, 6.45) is -0.872. The minimum Gasteiger partial charge on any atom is -0.367 e. The van der Waals surface area contributed by atoms with Crippen molar-refractivity contribution in [1.29, 1.82) is 0 Å². The molecule has 1 heterocycles. The molecule has 12 heteroatoms. The molecule has 2 amide bonds. The topological polar surface area (TPSA) is 162 Å². The Morgan fingerprint density at radius 3 is 2.53 bits per heavy atom. The molecular weight excluding hydrogens is 416 g/mol. The number of nitrogens with one attached hydrogen (secondary N) is 1. The number of morpholine rings is 1. The average Bonchev–Trinajstić information content (AvgIpc) is 2.73. The highest BCUT2D eigenvalue weighted by Gasteiger charge is 2.28. The number of carbonyl (C=O) groups excluding carboxylic acids is 2. The van der Waals surface area contributed by atoms with Crippen LogP contribution >= 0.6 is 0 Å². The number of anilines is 1. The number of nitro groups is 1. The van der Waals surface area contributed by atoms with Crippen LogP contribution in [0.3, 0.4) is 0 Å². The van der Waals surface area contributed by atoms with Gasteiger partial charge in [0.05, 0.1) is 23.0 Å². The zero-order valence-corrected chi connectivity index (χ0v) is 16.4. The number of nitrogens with zero attached hydrogens (tertiary/aromatic N) is 2. The Balaban J connectivity index is 1.72. The first-order valence-electron chi connectivity index (χ1n) is 8.75. The summed E-state index contributed by atoms with van der Waals surface area (Å²) in [5, 5.41) is 10.8. The number of non-ortho nitro benzene ring substituents is 1. The lowest BCUT2D eigenvalue weighted by Gasteiger charge is -2.31. The number of hydrogen-bond donors (Lipinski definition) is 2. The fraction of sp³-hybridized carbons (Fsp3) is 0.222. The average molecular weight is 434 g/mol. The first-order valence-corrected chi connectivity index (χ1v) is 10.2. The molecule has 2 aromatic rings. The van der Waals surface area contributed by atoms with Gasteiger partial charge in [-0.2, -0.15) is 0 Å². The number of rotatable bonds is 6. The molecule has 0 radical (unpaired) electrons. The summed E-state index contributed by atoms with van der Waals surface area (Å²) in [4.78, 5) is 35.2. The molecule has 1 unspecified atom stereocenters. The van der Waals surface area contributed by atoms with Gasteiger partial charge in [-0.15, -0.1) is 0 Å². The first kappa shape index (κ1) is 21.2. The zero-order chi connectivity index (χ0) is 21.9. The molecule has 3 rings (SSSR count). The molecule has 0 bridgehead atoms. The van der Waals surface area contributed by atoms with Crippen LogP contribution in [0.2, 0.25) is 0 Å². The molecule has 158 valence electrons. The van der Waals surface area contributed by atoms with Gasteiger partial charge in [-0.25, -0.2) is 8.42 Å². The van der Waals surface area contributed by atoms with E-state index in [-0.39, 0.29) is 35.3 Å². The van der Waals surface area contributed by atoms with E-state index >= 15 is 0 Å². The summed E-state index contributed by atoms with van der Waals surface area (Å²) in [5.41, 5.74) is 5.33. The van der Waals surface area contributed by atoms with Crippen LogP contribution in [0.15, 0.2) is 53.4 Å². The van der Waals surface area contributed by atoms with Gasteiger partial charge in [-0.05, 0) is 30.3 Å². The lowest BCUT2D eigenvalue weighted by molar-refractivity contribution is -0.385. The molecule has 30 heavy (non-hydrogen) atoms. The highest BCUT2D eigenvalue weighted by Crippen LogP contribution is 2.21. The van der Waals surface area contributed by atoms with Crippen molar-refractivity contribution in [2.75, 3.05) is 24.4 Å². The monoisotopic (exact) mass is 434 g/mol.